The van der Waals surface area contributed by atoms with Crippen molar-refractivity contribution in [3.8, 4) is 0 Å². The maximum Gasteiger partial charge on any atom is 0.339 e. The minimum absolute atomic E-state index is 0.0489. The van der Waals surface area contributed by atoms with Gasteiger partial charge in [-0.05, 0) is 43.1 Å². The summed E-state index contributed by atoms with van der Waals surface area (Å²) in [5, 5.41) is 11.1. The molecular weight excluding hydrogens is 464 g/mol. The van der Waals surface area contributed by atoms with E-state index in [9.17, 15) is 19.5 Å². The largest absolute Gasteiger partial charge is 0.472 e. The number of rotatable bonds is 2. The van der Waals surface area contributed by atoms with Gasteiger partial charge in [-0.2, -0.15) is 0 Å². The molecule has 1 aromatic rings. The van der Waals surface area contributed by atoms with Gasteiger partial charge in [0.05, 0.1) is 24.0 Å². The van der Waals surface area contributed by atoms with E-state index in [1.54, 1.807) is 18.6 Å². The Hall–Kier alpha value is -2.19. The molecule has 2 saturated heterocycles. The monoisotopic (exact) mass is 500 g/mol. The summed E-state index contributed by atoms with van der Waals surface area (Å²) in [4.78, 5) is 39.7. The molecular formula is C28H36O8. The summed E-state index contributed by atoms with van der Waals surface area (Å²) in [6.45, 7) is 11.6. The van der Waals surface area contributed by atoms with Crippen LogP contribution in [0, 0.1) is 33.5 Å². The molecule has 196 valence electrons. The third-order valence-electron chi connectivity index (χ3n) is 11.4. The van der Waals surface area contributed by atoms with Crippen LogP contribution in [0.3, 0.4) is 0 Å². The van der Waals surface area contributed by atoms with Crippen LogP contribution in [0.4, 0.5) is 0 Å². The lowest BCUT2D eigenvalue weighted by molar-refractivity contribution is -0.257. The fourth-order valence-corrected chi connectivity index (χ4v) is 9.54. The fraction of sp³-hybridized carbons (Fsp3) is 0.750. The summed E-state index contributed by atoms with van der Waals surface area (Å²) in [5.74, 6) is -1.20. The molecule has 36 heavy (non-hydrogen) atoms. The summed E-state index contributed by atoms with van der Waals surface area (Å²) in [5.41, 5.74) is -3.03. The van der Waals surface area contributed by atoms with Gasteiger partial charge in [0.2, 0.25) is 0 Å². The van der Waals surface area contributed by atoms with E-state index in [0.717, 1.165) is 5.56 Å². The number of aliphatic hydroxyl groups is 1. The molecule has 3 aliphatic carbocycles. The second-order valence-corrected chi connectivity index (χ2v) is 13.0. The van der Waals surface area contributed by atoms with Crippen molar-refractivity contribution in [1.29, 1.82) is 0 Å². The Labute approximate surface area is 211 Å². The van der Waals surface area contributed by atoms with Crippen molar-refractivity contribution in [3.63, 3.8) is 0 Å². The van der Waals surface area contributed by atoms with Crippen molar-refractivity contribution in [2.45, 2.75) is 97.2 Å². The number of esters is 2. The van der Waals surface area contributed by atoms with Crippen LogP contribution in [0.1, 0.15) is 78.9 Å². The molecule has 0 amide bonds. The number of ketones is 1. The fourth-order valence-electron chi connectivity index (χ4n) is 9.54. The van der Waals surface area contributed by atoms with E-state index < -0.39 is 63.6 Å². The Bertz CT molecular complexity index is 1140. The number of aliphatic hydroxyl groups excluding tert-OH is 1. The Kier molecular flexibility index (Phi) is 4.71. The van der Waals surface area contributed by atoms with E-state index in [1.807, 2.05) is 20.8 Å². The highest BCUT2D eigenvalue weighted by atomic mass is 16.7. The molecule has 5 fully saturated rings. The Morgan fingerprint density at radius 2 is 1.83 bits per heavy atom. The van der Waals surface area contributed by atoms with Gasteiger partial charge in [-0.25, -0.2) is 4.79 Å². The normalized spacial score (nSPS) is 50.6. The minimum Gasteiger partial charge on any atom is -0.472 e. The van der Waals surface area contributed by atoms with Crippen LogP contribution in [-0.2, 0) is 28.6 Å². The molecule has 0 aromatic carbocycles. The maximum atomic E-state index is 14.4. The molecule has 3 saturated carbocycles. The minimum atomic E-state index is -1.02. The van der Waals surface area contributed by atoms with E-state index in [-0.39, 0.29) is 24.0 Å². The van der Waals surface area contributed by atoms with Gasteiger partial charge in [0.1, 0.15) is 23.6 Å². The van der Waals surface area contributed by atoms with Crippen molar-refractivity contribution < 1.29 is 38.1 Å². The highest BCUT2D eigenvalue weighted by Crippen LogP contribution is 2.79. The van der Waals surface area contributed by atoms with Gasteiger partial charge in [-0.15, -0.1) is 0 Å². The van der Waals surface area contributed by atoms with Gasteiger partial charge in [-0.3, -0.25) is 9.59 Å². The van der Waals surface area contributed by atoms with Crippen molar-refractivity contribution in [1.82, 2.24) is 0 Å². The quantitative estimate of drug-likeness (QED) is 0.482. The topological polar surface area (TPSA) is 116 Å². The summed E-state index contributed by atoms with van der Waals surface area (Å²) >= 11 is 0. The number of Topliss-reactive ketones (excluding diaryl/α,β-unsaturated/α-hetero) is 1. The third kappa shape index (κ3) is 2.50. The Morgan fingerprint density at radius 3 is 2.47 bits per heavy atom. The first-order valence-electron chi connectivity index (χ1n) is 13.0. The third-order valence-corrected chi connectivity index (χ3v) is 11.4. The standard InChI is InChI=1S/C28H36O8/c1-14(29)34-20-12-18(30)24(2,3)17-11-19(31)27(6)16(26(17,20)5)7-9-25(4)21(15-8-10-33-13-15)35-23(32)22-28(25,27)36-22/h8,10,13,16-18,20-22,30H,7,9,11-12H2,1-6H3. The number of carbonyl (C=O) groups excluding carboxylic acids is 3. The predicted molar refractivity (Wildman–Crippen MR) is 125 cm³/mol. The molecule has 6 rings (SSSR count). The number of epoxide rings is 1. The summed E-state index contributed by atoms with van der Waals surface area (Å²) in [6, 6.07) is 1.80. The maximum absolute atomic E-state index is 14.4. The Balaban J connectivity index is 1.52. The van der Waals surface area contributed by atoms with Gasteiger partial charge in [0.15, 0.2) is 6.10 Å². The summed E-state index contributed by atoms with van der Waals surface area (Å²) in [6.07, 6.45) is 2.39. The molecule has 1 N–H and O–H groups in total. The van der Waals surface area contributed by atoms with Crippen molar-refractivity contribution in [2.24, 2.45) is 33.5 Å². The first-order valence-corrected chi connectivity index (χ1v) is 13.0. The molecule has 10 unspecified atom stereocenters. The average molecular weight is 501 g/mol. The number of hydrogen-bond acceptors (Lipinski definition) is 8. The summed E-state index contributed by atoms with van der Waals surface area (Å²) < 4.78 is 23.6. The van der Waals surface area contributed by atoms with Gasteiger partial charge in [0.25, 0.3) is 0 Å². The van der Waals surface area contributed by atoms with E-state index in [2.05, 4.69) is 13.8 Å². The van der Waals surface area contributed by atoms with Crippen LogP contribution in [0.2, 0.25) is 0 Å². The zero-order valence-corrected chi connectivity index (χ0v) is 21.8. The van der Waals surface area contributed by atoms with Crippen LogP contribution < -0.4 is 0 Å². The molecule has 0 radical (unpaired) electrons. The van der Waals surface area contributed by atoms with Crippen molar-refractivity contribution in [2.75, 3.05) is 0 Å². The van der Waals surface area contributed by atoms with E-state index in [1.165, 1.54) is 6.92 Å². The van der Waals surface area contributed by atoms with Gasteiger partial charge in [-0.1, -0.05) is 27.7 Å². The van der Waals surface area contributed by atoms with E-state index >= 15 is 0 Å². The lowest BCUT2D eigenvalue weighted by Gasteiger charge is -2.69. The lowest BCUT2D eigenvalue weighted by Crippen LogP contribution is -2.74. The number of fused-ring (bicyclic) bond motifs is 3. The zero-order chi connectivity index (χ0) is 26.1. The van der Waals surface area contributed by atoms with Crippen LogP contribution in [-0.4, -0.2) is 46.7 Å². The van der Waals surface area contributed by atoms with E-state index in [0.29, 0.717) is 19.3 Å². The first-order chi connectivity index (χ1) is 16.8. The zero-order valence-electron chi connectivity index (χ0n) is 21.8. The van der Waals surface area contributed by atoms with Crippen LogP contribution >= 0.6 is 0 Å². The average Bonchev–Trinajstić information content (AvgIpc) is 3.37. The smallest absolute Gasteiger partial charge is 0.339 e. The molecule has 1 aromatic heterocycles. The van der Waals surface area contributed by atoms with Gasteiger partial charge < -0.3 is 23.7 Å². The SMILES string of the molecule is CC(=O)OC1CC(O)C(C)(C)C2CC(=O)C3(C)C(CCC4(C)C(c5ccoc5)OC(=O)C5OC543)C12C. The Morgan fingerprint density at radius 1 is 1.11 bits per heavy atom. The number of cyclic esters (lactones) is 1. The first kappa shape index (κ1) is 24.2. The number of carbonyl (C=O) groups is 3. The van der Waals surface area contributed by atoms with Crippen LogP contribution in [0.15, 0.2) is 23.0 Å². The highest BCUT2D eigenvalue weighted by Gasteiger charge is 2.88. The summed E-state index contributed by atoms with van der Waals surface area (Å²) in [7, 11) is 0. The number of furan rings is 1. The lowest BCUT2D eigenvalue weighted by atomic mass is 9.34. The van der Waals surface area contributed by atoms with Gasteiger partial charge in [0, 0.05) is 36.2 Å². The second-order valence-electron chi connectivity index (χ2n) is 13.0. The van der Waals surface area contributed by atoms with E-state index in [4.69, 9.17) is 18.6 Å². The number of hydrogen-bond donors (Lipinski definition) is 1. The number of ether oxygens (including phenoxy) is 3. The predicted octanol–water partition coefficient (Wildman–Crippen LogP) is 3.76. The second kappa shape index (κ2) is 7.01. The molecule has 8 heteroatoms. The molecule has 10 atom stereocenters. The van der Waals surface area contributed by atoms with Crippen molar-refractivity contribution >= 4 is 17.7 Å². The molecule has 1 spiro atoms. The highest BCUT2D eigenvalue weighted by molar-refractivity contribution is 5.93. The molecule has 3 heterocycles. The van der Waals surface area contributed by atoms with Gasteiger partial charge >= 0.3 is 11.9 Å². The molecule has 2 aliphatic heterocycles. The molecule has 5 aliphatic rings. The van der Waals surface area contributed by atoms with Crippen molar-refractivity contribution in [3.05, 3.63) is 24.2 Å². The van der Waals surface area contributed by atoms with Crippen LogP contribution in [0.5, 0.6) is 0 Å². The molecule has 0 bridgehead atoms. The molecule has 8 nitrogen and oxygen atoms in total. The van der Waals surface area contributed by atoms with Crippen LogP contribution in [0.25, 0.3) is 0 Å².